The molecule has 0 radical (unpaired) electrons. The largest absolute Gasteiger partial charge is 0.394 e. The Bertz CT molecular complexity index is 582. The van der Waals surface area contributed by atoms with Crippen LogP contribution in [0.4, 0.5) is 0 Å². The molecule has 4 N–H and O–H groups in total. The van der Waals surface area contributed by atoms with E-state index in [1.54, 1.807) is 6.08 Å². The molecule has 0 aromatic carbocycles. The van der Waals surface area contributed by atoms with E-state index in [9.17, 15) is 20.1 Å². The molecule has 0 rings (SSSR count). The maximum Gasteiger partial charge on any atom is 0.249 e. The van der Waals surface area contributed by atoms with E-state index in [0.29, 0.717) is 6.42 Å². The number of carbonyl (C=O) groups is 1. The molecule has 42 heavy (non-hydrogen) atoms. The van der Waals surface area contributed by atoms with Crippen molar-refractivity contribution in [2.24, 2.45) is 0 Å². The second-order valence-electron chi connectivity index (χ2n) is 12.8. The van der Waals surface area contributed by atoms with Crippen molar-refractivity contribution in [3.05, 3.63) is 12.2 Å². The number of amides is 1. The van der Waals surface area contributed by atoms with Gasteiger partial charge in [0, 0.05) is 0 Å². The number of hydrogen-bond donors (Lipinski definition) is 4. The quantitative estimate of drug-likeness (QED) is 0.0449. The topological polar surface area (TPSA) is 89.8 Å². The van der Waals surface area contributed by atoms with E-state index < -0.39 is 24.2 Å². The highest BCUT2D eigenvalue weighted by molar-refractivity contribution is 5.80. The summed E-state index contributed by atoms with van der Waals surface area (Å²) in [6, 6.07) is -0.790. The first-order chi connectivity index (χ1) is 20.6. The summed E-state index contributed by atoms with van der Waals surface area (Å²) in [6.45, 7) is 4.16. The molecule has 3 unspecified atom stereocenters. The summed E-state index contributed by atoms with van der Waals surface area (Å²) in [4.78, 5) is 12.4. The van der Waals surface area contributed by atoms with Gasteiger partial charge in [0.05, 0.1) is 18.8 Å². The SMILES string of the molecule is CCCCCCCCCCCCCCCCC/C=C/C(O)C(CO)NC(=O)C(O)CCCCCCCCCCCCC. The fourth-order valence-corrected chi connectivity index (χ4v) is 5.65. The summed E-state index contributed by atoms with van der Waals surface area (Å²) < 4.78 is 0. The lowest BCUT2D eigenvalue weighted by atomic mass is 10.0. The molecule has 5 heteroatoms. The predicted molar refractivity (Wildman–Crippen MR) is 181 cm³/mol. The number of nitrogens with one attached hydrogen (secondary N) is 1. The van der Waals surface area contributed by atoms with Crippen LogP contribution in [0, 0.1) is 0 Å². The number of aliphatic hydroxyl groups is 3. The van der Waals surface area contributed by atoms with Crippen LogP contribution in [0.25, 0.3) is 0 Å². The van der Waals surface area contributed by atoms with Crippen LogP contribution in [0.2, 0.25) is 0 Å². The normalized spacial score (nSPS) is 13.9. The summed E-state index contributed by atoms with van der Waals surface area (Å²) in [7, 11) is 0. The van der Waals surface area contributed by atoms with Gasteiger partial charge in [-0.3, -0.25) is 4.79 Å². The van der Waals surface area contributed by atoms with Crippen molar-refractivity contribution in [3.8, 4) is 0 Å². The molecule has 0 bridgehead atoms. The Morgan fingerprint density at radius 1 is 0.571 bits per heavy atom. The van der Waals surface area contributed by atoms with Crippen LogP contribution in [0.15, 0.2) is 12.2 Å². The van der Waals surface area contributed by atoms with E-state index in [1.165, 1.54) is 141 Å². The molecule has 250 valence electrons. The third kappa shape index (κ3) is 27.9. The van der Waals surface area contributed by atoms with E-state index in [4.69, 9.17) is 0 Å². The molecule has 5 nitrogen and oxygen atoms in total. The Morgan fingerprint density at radius 3 is 1.31 bits per heavy atom. The van der Waals surface area contributed by atoms with Gasteiger partial charge in [-0.1, -0.05) is 187 Å². The van der Waals surface area contributed by atoms with Crippen LogP contribution in [-0.4, -0.2) is 46.1 Å². The van der Waals surface area contributed by atoms with Gasteiger partial charge < -0.3 is 20.6 Å². The van der Waals surface area contributed by atoms with Gasteiger partial charge in [0.15, 0.2) is 0 Å². The number of allylic oxidation sites excluding steroid dienone is 1. The van der Waals surface area contributed by atoms with Crippen LogP contribution in [0.1, 0.15) is 194 Å². The van der Waals surface area contributed by atoms with Gasteiger partial charge in [0.25, 0.3) is 0 Å². The van der Waals surface area contributed by atoms with E-state index >= 15 is 0 Å². The van der Waals surface area contributed by atoms with Crippen LogP contribution in [-0.2, 0) is 4.79 Å². The van der Waals surface area contributed by atoms with E-state index in [2.05, 4.69) is 19.2 Å². The van der Waals surface area contributed by atoms with Gasteiger partial charge in [-0.2, -0.15) is 0 Å². The molecular formula is C37H73NO4. The molecule has 0 aliphatic rings. The zero-order valence-electron chi connectivity index (χ0n) is 28.1. The third-order valence-corrected chi connectivity index (χ3v) is 8.63. The van der Waals surface area contributed by atoms with Crippen molar-refractivity contribution in [1.82, 2.24) is 5.32 Å². The number of aliphatic hydroxyl groups excluding tert-OH is 3. The lowest BCUT2D eigenvalue weighted by Crippen LogP contribution is -2.48. The Kier molecular flexibility index (Phi) is 32.3. The summed E-state index contributed by atoms with van der Waals surface area (Å²) in [6.07, 6.45) is 36.5. The van der Waals surface area contributed by atoms with Gasteiger partial charge in [-0.25, -0.2) is 0 Å². The lowest BCUT2D eigenvalue weighted by molar-refractivity contribution is -0.131. The fraction of sp³-hybridized carbons (Fsp3) is 0.919. The Balaban J connectivity index is 3.72. The second kappa shape index (κ2) is 33.0. The summed E-state index contributed by atoms with van der Waals surface area (Å²) in [5.74, 6) is -0.504. The Hall–Kier alpha value is -0.910. The molecule has 0 aromatic rings. The highest BCUT2D eigenvalue weighted by Crippen LogP contribution is 2.15. The molecule has 3 atom stereocenters. The van der Waals surface area contributed by atoms with Gasteiger partial charge in [0.1, 0.15) is 6.10 Å². The van der Waals surface area contributed by atoms with Crippen molar-refractivity contribution in [1.29, 1.82) is 0 Å². The molecule has 0 aromatic heterocycles. The fourth-order valence-electron chi connectivity index (χ4n) is 5.65. The van der Waals surface area contributed by atoms with E-state index in [0.717, 1.165) is 32.1 Å². The van der Waals surface area contributed by atoms with Crippen molar-refractivity contribution in [2.75, 3.05) is 6.61 Å². The molecular weight excluding hydrogens is 522 g/mol. The standard InChI is InChI=1S/C37H73NO4/c1-3-5-7-9-11-13-15-16-17-18-19-20-22-23-25-27-29-31-35(40)34(33-39)38-37(42)36(41)32-30-28-26-24-21-14-12-10-8-6-4-2/h29,31,34-36,39-41H,3-28,30,32-33H2,1-2H3,(H,38,42)/b31-29+. The Morgan fingerprint density at radius 2 is 0.929 bits per heavy atom. The molecule has 0 heterocycles. The van der Waals surface area contributed by atoms with E-state index in [-0.39, 0.29) is 6.61 Å². The minimum Gasteiger partial charge on any atom is -0.394 e. The lowest BCUT2D eigenvalue weighted by Gasteiger charge is -2.21. The molecule has 0 saturated heterocycles. The molecule has 0 aliphatic carbocycles. The highest BCUT2D eigenvalue weighted by atomic mass is 16.3. The average Bonchev–Trinajstić information content (AvgIpc) is 2.99. The van der Waals surface area contributed by atoms with E-state index in [1.807, 2.05) is 6.08 Å². The zero-order valence-corrected chi connectivity index (χ0v) is 28.1. The molecule has 1 amide bonds. The highest BCUT2D eigenvalue weighted by Gasteiger charge is 2.22. The maximum atomic E-state index is 12.4. The molecule has 0 spiro atoms. The van der Waals surface area contributed by atoms with Crippen LogP contribution < -0.4 is 5.32 Å². The summed E-state index contributed by atoms with van der Waals surface area (Å²) >= 11 is 0. The zero-order chi connectivity index (χ0) is 30.9. The first-order valence-electron chi connectivity index (χ1n) is 18.5. The number of unbranched alkanes of at least 4 members (excludes halogenated alkanes) is 25. The maximum absolute atomic E-state index is 12.4. The minimum atomic E-state index is -1.09. The average molecular weight is 596 g/mol. The molecule has 0 aliphatic heterocycles. The van der Waals surface area contributed by atoms with Crippen molar-refractivity contribution in [2.45, 2.75) is 212 Å². The second-order valence-corrected chi connectivity index (χ2v) is 12.8. The van der Waals surface area contributed by atoms with Crippen molar-refractivity contribution < 1.29 is 20.1 Å². The minimum absolute atomic E-state index is 0.360. The van der Waals surface area contributed by atoms with Gasteiger partial charge >= 0.3 is 0 Å². The van der Waals surface area contributed by atoms with Crippen LogP contribution in [0.3, 0.4) is 0 Å². The van der Waals surface area contributed by atoms with Crippen molar-refractivity contribution in [3.63, 3.8) is 0 Å². The molecule has 0 fully saturated rings. The number of hydrogen-bond acceptors (Lipinski definition) is 4. The van der Waals surface area contributed by atoms with Gasteiger partial charge in [0.2, 0.25) is 5.91 Å². The Labute approximate surface area is 261 Å². The van der Waals surface area contributed by atoms with Gasteiger partial charge in [-0.05, 0) is 19.3 Å². The third-order valence-electron chi connectivity index (χ3n) is 8.63. The van der Waals surface area contributed by atoms with Crippen LogP contribution in [0.5, 0.6) is 0 Å². The predicted octanol–water partition coefficient (Wildman–Crippen LogP) is 9.70. The number of rotatable bonds is 33. The van der Waals surface area contributed by atoms with Crippen molar-refractivity contribution >= 4 is 5.91 Å². The van der Waals surface area contributed by atoms with Gasteiger partial charge in [-0.15, -0.1) is 0 Å². The summed E-state index contributed by atoms with van der Waals surface area (Å²) in [5.41, 5.74) is 0. The monoisotopic (exact) mass is 596 g/mol. The smallest absolute Gasteiger partial charge is 0.249 e. The summed E-state index contributed by atoms with van der Waals surface area (Å²) in [5, 5.41) is 32.9. The van der Waals surface area contributed by atoms with Crippen LogP contribution >= 0.6 is 0 Å². The first kappa shape index (κ1) is 41.1. The first-order valence-corrected chi connectivity index (χ1v) is 18.5. The molecule has 0 saturated carbocycles. The number of carbonyl (C=O) groups excluding carboxylic acids is 1.